The fraction of sp³-hybridized carbons (Fsp3) is 0.467. The van der Waals surface area contributed by atoms with Crippen molar-refractivity contribution in [2.45, 2.75) is 72.3 Å². The SMILES string of the molecule is Cn1c(=O)[nH]c2c(CC(C)(C)C)cc(C3CCC(C)(C)C(NC(=O)c4cccc(-n5cccn5)c4)C3)nc21. The van der Waals surface area contributed by atoms with Crippen LogP contribution < -0.4 is 11.0 Å². The van der Waals surface area contributed by atoms with Gasteiger partial charge in [0, 0.05) is 42.7 Å². The highest BCUT2D eigenvalue weighted by Crippen LogP contribution is 2.43. The quantitative estimate of drug-likeness (QED) is 0.386. The minimum absolute atomic E-state index is 0.0132. The van der Waals surface area contributed by atoms with E-state index in [1.807, 2.05) is 36.5 Å². The van der Waals surface area contributed by atoms with Gasteiger partial charge in [0.1, 0.15) is 0 Å². The first kappa shape index (κ1) is 25.9. The number of nitrogens with one attached hydrogen (secondary N) is 2. The Morgan fingerprint density at radius 1 is 1.21 bits per heavy atom. The van der Waals surface area contributed by atoms with Gasteiger partial charge in [-0.1, -0.05) is 40.7 Å². The van der Waals surface area contributed by atoms with Crippen LogP contribution in [0, 0.1) is 10.8 Å². The minimum Gasteiger partial charge on any atom is -0.349 e. The first-order valence-corrected chi connectivity index (χ1v) is 13.4. The summed E-state index contributed by atoms with van der Waals surface area (Å²) < 4.78 is 3.35. The number of nitrogens with zero attached hydrogens (tertiary/aromatic N) is 4. The lowest BCUT2D eigenvalue weighted by molar-refractivity contribution is 0.0836. The summed E-state index contributed by atoms with van der Waals surface area (Å²) in [5.41, 5.74) is 4.99. The Morgan fingerprint density at radius 3 is 2.71 bits per heavy atom. The molecule has 0 saturated heterocycles. The van der Waals surface area contributed by atoms with Crippen molar-refractivity contribution in [3.63, 3.8) is 0 Å². The first-order chi connectivity index (χ1) is 17.9. The molecule has 3 aromatic heterocycles. The highest BCUT2D eigenvalue weighted by atomic mass is 16.2. The van der Waals surface area contributed by atoms with E-state index in [1.165, 1.54) is 0 Å². The van der Waals surface area contributed by atoms with E-state index in [0.717, 1.165) is 48.1 Å². The number of imidazole rings is 1. The smallest absolute Gasteiger partial charge is 0.327 e. The molecule has 8 nitrogen and oxygen atoms in total. The number of carbonyl (C=O) groups is 1. The monoisotopic (exact) mass is 514 g/mol. The average Bonchev–Trinajstić information content (AvgIpc) is 3.49. The predicted molar refractivity (Wildman–Crippen MR) is 150 cm³/mol. The second-order valence-corrected chi connectivity index (χ2v) is 12.6. The van der Waals surface area contributed by atoms with Crippen molar-refractivity contribution in [3.8, 4) is 5.69 Å². The third-order valence-corrected chi connectivity index (χ3v) is 7.88. The molecule has 8 heteroatoms. The van der Waals surface area contributed by atoms with Gasteiger partial charge in [-0.15, -0.1) is 0 Å². The van der Waals surface area contributed by atoms with Gasteiger partial charge in [-0.25, -0.2) is 14.5 Å². The number of benzene rings is 1. The number of rotatable bonds is 5. The summed E-state index contributed by atoms with van der Waals surface area (Å²) in [6.07, 6.45) is 7.18. The Labute approximate surface area is 223 Å². The zero-order valence-corrected chi connectivity index (χ0v) is 23.2. The molecule has 2 unspecified atom stereocenters. The molecule has 5 rings (SSSR count). The Kier molecular flexibility index (Phi) is 6.53. The van der Waals surface area contributed by atoms with Crippen molar-refractivity contribution in [3.05, 3.63) is 76.1 Å². The maximum Gasteiger partial charge on any atom is 0.327 e. The van der Waals surface area contributed by atoms with Crippen molar-refractivity contribution in [1.29, 1.82) is 0 Å². The molecule has 3 heterocycles. The molecular weight excluding hydrogens is 476 g/mol. The van der Waals surface area contributed by atoms with Crippen LogP contribution in [0.1, 0.15) is 81.4 Å². The number of pyridine rings is 1. The van der Waals surface area contributed by atoms with E-state index >= 15 is 0 Å². The van der Waals surface area contributed by atoms with Crippen molar-refractivity contribution >= 4 is 17.1 Å². The van der Waals surface area contributed by atoms with Gasteiger partial charge in [0.2, 0.25) is 0 Å². The normalized spacial score (nSPS) is 19.5. The molecule has 1 aliphatic rings. The van der Waals surface area contributed by atoms with Gasteiger partial charge in [0.15, 0.2) is 5.65 Å². The fourth-order valence-corrected chi connectivity index (χ4v) is 5.61. The van der Waals surface area contributed by atoms with Crippen molar-refractivity contribution in [2.24, 2.45) is 17.9 Å². The van der Waals surface area contributed by atoms with Gasteiger partial charge in [0.25, 0.3) is 5.91 Å². The Balaban J connectivity index is 1.43. The van der Waals surface area contributed by atoms with Crippen molar-refractivity contribution in [2.75, 3.05) is 0 Å². The van der Waals surface area contributed by atoms with Gasteiger partial charge in [-0.3, -0.25) is 9.36 Å². The molecule has 0 aliphatic heterocycles. The van der Waals surface area contributed by atoms with Crippen LogP contribution >= 0.6 is 0 Å². The topological polar surface area (TPSA) is 97.6 Å². The molecule has 1 amide bonds. The van der Waals surface area contributed by atoms with E-state index in [0.29, 0.717) is 11.2 Å². The van der Waals surface area contributed by atoms with Crippen LogP contribution in [0.3, 0.4) is 0 Å². The van der Waals surface area contributed by atoms with E-state index < -0.39 is 0 Å². The minimum atomic E-state index is -0.146. The summed E-state index contributed by atoms with van der Waals surface area (Å²) in [4.78, 5) is 33.8. The highest BCUT2D eigenvalue weighted by Gasteiger charge is 2.39. The van der Waals surface area contributed by atoms with Gasteiger partial charge in [0.05, 0.1) is 11.2 Å². The first-order valence-electron chi connectivity index (χ1n) is 13.4. The second kappa shape index (κ2) is 9.57. The number of hydrogen-bond donors (Lipinski definition) is 2. The zero-order valence-electron chi connectivity index (χ0n) is 23.2. The molecule has 0 radical (unpaired) electrons. The number of fused-ring (bicyclic) bond motifs is 1. The summed E-state index contributed by atoms with van der Waals surface area (Å²) in [6.45, 7) is 11.1. The molecule has 0 spiro atoms. The van der Waals surface area contributed by atoms with E-state index in [2.05, 4.69) is 56.1 Å². The summed E-state index contributed by atoms with van der Waals surface area (Å²) in [5.74, 6) is 0.111. The molecule has 1 saturated carbocycles. The van der Waals surface area contributed by atoms with E-state index in [1.54, 1.807) is 22.5 Å². The number of aromatic amines is 1. The van der Waals surface area contributed by atoms with Gasteiger partial charge in [-0.05, 0) is 72.4 Å². The third-order valence-electron chi connectivity index (χ3n) is 7.88. The molecule has 2 atom stereocenters. The van der Waals surface area contributed by atoms with Gasteiger partial charge in [-0.2, -0.15) is 5.10 Å². The molecule has 2 N–H and O–H groups in total. The molecule has 1 fully saturated rings. The van der Waals surface area contributed by atoms with Crippen LogP contribution in [0.15, 0.2) is 53.6 Å². The third kappa shape index (κ3) is 5.17. The Bertz CT molecular complexity index is 1520. The Morgan fingerprint density at radius 2 is 2.00 bits per heavy atom. The maximum atomic E-state index is 13.4. The average molecular weight is 515 g/mol. The highest BCUT2D eigenvalue weighted by molar-refractivity contribution is 5.95. The van der Waals surface area contributed by atoms with Crippen LogP contribution in [0.25, 0.3) is 16.9 Å². The Hall–Kier alpha value is -3.68. The summed E-state index contributed by atoms with van der Waals surface area (Å²) in [5, 5.41) is 7.63. The summed E-state index contributed by atoms with van der Waals surface area (Å²) >= 11 is 0. The maximum absolute atomic E-state index is 13.4. The number of aryl methyl sites for hydroxylation is 1. The molecule has 38 heavy (non-hydrogen) atoms. The van der Waals surface area contributed by atoms with E-state index in [4.69, 9.17) is 4.98 Å². The molecular formula is C30H38N6O2. The van der Waals surface area contributed by atoms with E-state index in [9.17, 15) is 9.59 Å². The molecule has 1 aliphatic carbocycles. The van der Waals surface area contributed by atoms with Crippen molar-refractivity contribution in [1.82, 2.24) is 29.6 Å². The van der Waals surface area contributed by atoms with Crippen LogP contribution in [-0.4, -0.2) is 36.3 Å². The van der Waals surface area contributed by atoms with Gasteiger partial charge < -0.3 is 10.3 Å². The fourth-order valence-electron chi connectivity index (χ4n) is 5.61. The zero-order chi connectivity index (χ0) is 27.2. The largest absolute Gasteiger partial charge is 0.349 e. The lowest BCUT2D eigenvalue weighted by Crippen LogP contribution is -2.48. The van der Waals surface area contributed by atoms with Crippen LogP contribution in [0.5, 0.6) is 0 Å². The molecule has 0 bridgehead atoms. The van der Waals surface area contributed by atoms with Crippen LogP contribution in [0.4, 0.5) is 0 Å². The number of carbonyl (C=O) groups excluding carboxylic acids is 1. The number of hydrogen-bond acceptors (Lipinski definition) is 4. The van der Waals surface area contributed by atoms with Crippen LogP contribution in [0.2, 0.25) is 0 Å². The molecule has 1 aromatic carbocycles. The van der Waals surface area contributed by atoms with Crippen molar-refractivity contribution < 1.29 is 4.79 Å². The van der Waals surface area contributed by atoms with Crippen LogP contribution in [-0.2, 0) is 13.5 Å². The number of amides is 1. The van der Waals surface area contributed by atoms with Gasteiger partial charge >= 0.3 is 5.69 Å². The lowest BCUT2D eigenvalue weighted by Gasteiger charge is -2.42. The van der Waals surface area contributed by atoms with E-state index in [-0.39, 0.29) is 34.4 Å². The summed E-state index contributed by atoms with van der Waals surface area (Å²) in [7, 11) is 1.77. The molecule has 4 aromatic rings. The number of aromatic nitrogens is 5. The number of H-pyrrole nitrogens is 1. The second-order valence-electron chi connectivity index (χ2n) is 12.6. The molecule has 200 valence electrons. The lowest BCUT2D eigenvalue weighted by atomic mass is 9.68. The summed E-state index contributed by atoms with van der Waals surface area (Å²) in [6, 6.07) is 11.6. The predicted octanol–water partition coefficient (Wildman–Crippen LogP) is 5.13. The standard InChI is InChI=1S/C30H38N6O2/c1-29(2,3)18-21-16-23(32-26-25(21)34-28(38)35(26)6)19-11-12-30(4,5)24(17-19)33-27(37)20-9-7-10-22(15-20)36-14-8-13-31-36/h7-10,13-16,19,24H,11-12,17-18H2,1-6H3,(H,33,37)(H,34,38).